The molecule has 3 heteroatoms. The topological polar surface area (TPSA) is 6.48 Å². The van der Waals surface area contributed by atoms with Crippen LogP contribution in [0.5, 0.6) is 0 Å². The van der Waals surface area contributed by atoms with E-state index in [1.165, 1.54) is 64.0 Å². The van der Waals surface area contributed by atoms with E-state index in [1.54, 1.807) is 5.56 Å². The molecule has 3 fully saturated rings. The first-order valence-electron chi connectivity index (χ1n) is 7.97. The Kier molecular flexibility index (Phi) is 4.23. The fourth-order valence-corrected chi connectivity index (χ4v) is 4.33. The molecule has 4 heterocycles. The van der Waals surface area contributed by atoms with E-state index < -0.39 is 0 Å². The van der Waals surface area contributed by atoms with Crippen LogP contribution in [-0.2, 0) is 6.42 Å². The zero-order valence-electron chi connectivity index (χ0n) is 12.1. The van der Waals surface area contributed by atoms with Crippen molar-refractivity contribution in [3.8, 4) is 0 Å². The summed E-state index contributed by atoms with van der Waals surface area (Å²) in [4.78, 5) is 5.40. The summed E-state index contributed by atoms with van der Waals surface area (Å²) in [6.07, 6.45) is 6.94. The number of piperidine rings is 3. The van der Waals surface area contributed by atoms with Gasteiger partial charge in [0.25, 0.3) is 0 Å². The van der Waals surface area contributed by atoms with Crippen LogP contribution in [0.1, 0.15) is 31.2 Å². The Bertz CT molecular complexity index is 454. The van der Waals surface area contributed by atoms with Gasteiger partial charge in [-0.3, -0.25) is 4.90 Å². The minimum Gasteiger partial charge on any atom is -0.370 e. The van der Waals surface area contributed by atoms with E-state index in [4.69, 9.17) is 0 Å². The lowest BCUT2D eigenvalue weighted by Gasteiger charge is -2.47. The number of fused-ring (bicyclic) bond motifs is 4. The Hall–Kier alpha value is -0.730. The average Bonchev–Trinajstić information content (AvgIpc) is 2.49. The fraction of sp³-hybridized carbons (Fsp3) is 0.647. The van der Waals surface area contributed by atoms with Gasteiger partial charge in [0.05, 0.1) is 0 Å². The molecular weight excluding hydrogens is 268 g/mol. The van der Waals surface area contributed by atoms with Gasteiger partial charge in [0.2, 0.25) is 0 Å². The number of para-hydroxylation sites is 1. The maximum atomic E-state index is 2.75. The quantitative estimate of drug-likeness (QED) is 0.825. The highest BCUT2D eigenvalue weighted by Gasteiger charge is 2.34. The van der Waals surface area contributed by atoms with Gasteiger partial charge in [-0.1, -0.05) is 18.2 Å². The van der Waals surface area contributed by atoms with Crippen molar-refractivity contribution >= 4 is 18.1 Å². The van der Waals surface area contributed by atoms with Crippen molar-refractivity contribution in [3.63, 3.8) is 0 Å². The van der Waals surface area contributed by atoms with Crippen LogP contribution in [0.3, 0.4) is 0 Å². The van der Waals surface area contributed by atoms with Gasteiger partial charge in [0.15, 0.2) is 0 Å². The minimum absolute atomic E-state index is 0. The van der Waals surface area contributed by atoms with Crippen LogP contribution in [0.15, 0.2) is 24.3 Å². The van der Waals surface area contributed by atoms with Crippen LogP contribution in [0.25, 0.3) is 0 Å². The van der Waals surface area contributed by atoms with Crippen molar-refractivity contribution in [1.82, 2.24) is 4.90 Å². The van der Waals surface area contributed by atoms with E-state index in [0.717, 1.165) is 12.0 Å². The van der Waals surface area contributed by atoms with Crippen molar-refractivity contribution < 1.29 is 0 Å². The lowest BCUT2D eigenvalue weighted by molar-refractivity contribution is 0.0529. The van der Waals surface area contributed by atoms with Gasteiger partial charge in [0.1, 0.15) is 0 Å². The number of rotatable bonds is 2. The van der Waals surface area contributed by atoms with E-state index >= 15 is 0 Å². The molecule has 0 saturated carbocycles. The lowest BCUT2D eigenvalue weighted by atomic mass is 9.83. The molecule has 110 valence electrons. The summed E-state index contributed by atoms with van der Waals surface area (Å²) >= 11 is 0. The molecule has 4 aliphatic heterocycles. The molecule has 0 N–H and O–H groups in total. The zero-order chi connectivity index (χ0) is 12.7. The number of hydrogen-bond acceptors (Lipinski definition) is 2. The molecule has 0 aliphatic carbocycles. The fourth-order valence-electron chi connectivity index (χ4n) is 4.33. The van der Waals surface area contributed by atoms with Gasteiger partial charge in [-0.15, -0.1) is 12.4 Å². The maximum absolute atomic E-state index is 2.75. The summed E-state index contributed by atoms with van der Waals surface area (Å²) in [5.74, 6) is 1.02. The first kappa shape index (κ1) is 14.2. The Labute approximate surface area is 128 Å². The van der Waals surface area contributed by atoms with Crippen molar-refractivity contribution in [2.45, 2.75) is 38.1 Å². The van der Waals surface area contributed by atoms with Gasteiger partial charge in [-0.2, -0.15) is 0 Å². The van der Waals surface area contributed by atoms with E-state index in [0.29, 0.717) is 0 Å². The maximum Gasteiger partial charge on any atom is 0.0399 e. The van der Waals surface area contributed by atoms with E-state index in [9.17, 15) is 0 Å². The molecule has 0 amide bonds. The predicted octanol–water partition coefficient (Wildman–Crippen LogP) is 3.35. The summed E-state index contributed by atoms with van der Waals surface area (Å²) in [6, 6.07) is 9.84. The average molecular weight is 293 g/mol. The highest BCUT2D eigenvalue weighted by Crippen LogP contribution is 2.34. The minimum atomic E-state index is 0. The van der Waals surface area contributed by atoms with E-state index in [1.807, 2.05) is 0 Å². The van der Waals surface area contributed by atoms with Gasteiger partial charge in [-0.05, 0) is 62.7 Å². The Balaban J connectivity index is 0.00000121. The lowest BCUT2D eigenvalue weighted by Crippen LogP contribution is -2.53. The van der Waals surface area contributed by atoms with E-state index in [2.05, 4.69) is 34.1 Å². The van der Waals surface area contributed by atoms with Crippen molar-refractivity contribution in [3.05, 3.63) is 29.8 Å². The standard InChI is InChI=1S/C17H24N2.ClH/c1-2-6-17-15(4-1)5-3-9-19(17)13-16-12-14-7-10-18(16)11-8-14;/h1-2,4,6,14,16H,3,5,7-13H2;1H. The number of nitrogens with zero attached hydrogens (tertiary/aromatic N) is 2. The van der Waals surface area contributed by atoms with Gasteiger partial charge in [0, 0.05) is 24.8 Å². The molecule has 3 saturated heterocycles. The SMILES string of the molecule is Cl.c1ccc2c(c1)CCCN2CC1CC2CCN1CC2. The predicted molar refractivity (Wildman–Crippen MR) is 86.9 cm³/mol. The van der Waals surface area contributed by atoms with Crippen LogP contribution in [0.4, 0.5) is 5.69 Å². The van der Waals surface area contributed by atoms with Gasteiger partial charge < -0.3 is 4.90 Å². The summed E-state index contributed by atoms with van der Waals surface area (Å²) in [6.45, 7) is 5.22. The summed E-state index contributed by atoms with van der Waals surface area (Å²) < 4.78 is 0. The summed E-state index contributed by atoms with van der Waals surface area (Å²) in [5, 5.41) is 0. The second-order valence-electron chi connectivity index (χ2n) is 6.55. The normalized spacial score (nSPS) is 31.6. The van der Waals surface area contributed by atoms with Gasteiger partial charge >= 0.3 is 0 Å². The van der Waals surface area contributed by atoms with Crippen LogP contribution in [-0.4, -0.2) is 37.1 Å². The van der Waals surface area contributed by atoms with Crippen molar-refractivity contribution in [2.75, 3.05) is 31.1 Å². The number of hydrogen-bond donors (Lipinski definition) is 0. The van der Waals surface area contributed by atoms with E-state index in [-0.39, 0.29) is 12.4 Å². The summed E-state index contributed by atoms with van der Waals surface area (Å²) in [7, 11) is 0. The van der Waals surface area contributed by atoms with Crippen LogP contribution < -0.4 is 4.90 Å². The highest BCUT2D eigenvalue weighted by molar-refractivity contribution is 5.85. The van der Waals surface area contributed by atoms with Crippen molar-refractivity contribution in [1.29, 1.82) is 0 Å². The number of aryl methyl sites for hydroxylation is 1. The monoisotopic (exact) mass is 292 g/mol. The molecule has 0 radical (unpaired) electrons. The molecule has 4 aliphatic rings. The molecule has 0 aromatic heterocycles. The first-order chi connectivity index (χ1) is 9.40. The number of benzene rings is 1. The molecule has 1 unspecified atom stereocenters. The number of halogens is 1. The molecule has 1 aromatic rings. The molecular formula is C17H25ClN2. The molecule has 2 bridgehead atoms. The third kappa shape index (κ3) is 2.56. The largest absolute Gasteiger partial charge is 0.370 e. The number of anilines is 1. The molecule has 1 atom stereocenters. The zero-order valence-corrected chi connectivity index (χ0v) is 12.9. The van der Waals surface area contributed by atoms with Crippen molar-refractivity contribution in [2.24, 2.45) is 5.92 Å². The van der Waals surface area contributed by atoms with Crippen LogP contribution in [0, 0.1) is 5.92 Å². The molecule has 0 spiro atoms. The highest BCUT2D eigenvalue weighted by atomic mass is 35.5. The summed E-state index contributed by atoms with van der Waals surface area (Å²) in [5.41, 5.74) is 3.07. The smallest absolute Gasteiger partial charge is 0.0399 e. The molecule has 5 rings (SSSR count). The second-order valence-corrected chi connectivity index (χ2v) is 6.55. The Morgan fingerprint density at radius 2 is 1.85 bits per heavy atom. The molecule has 2 nitrogen and oxygen atoms in total. The van der Waals surface area contributed by atoms with Gasteiger partial charge in [-0.25, -0.2) is 0 Å². The first-order valence-corrected chi connectivity index (χ1v) is 7.97. The second kappa shape index (κ2) is 5.95. The molecule has 20 heavy (non-hydrogen) atoms. The van der Waals surface area contributed by atoms with Crippen LogP contribution in [0.2, 0.25) is 0 Å². The Morgan fingerprint density at radius 3 is 2.60 bits per heavy atom. The third-order valence-corrected chi connectivity index (χ3v) is 5.41. The Morgan fingerprint density at radius 1 is 1.05 bits per heavy atom. The van der Waals surface area contributed by atoms with Crippen LogP contribution >= 0.6 is 12.4 Å². The third-order valence-electron chi connectivity index (χ3n) is 5.41. The molecule has 1 aromatic carbocycles.